The number of hydrogen-bond acceptors (Lipinski definition) is 4. The van der Waals surface area contributed by atoms with Crippen LogP contribution in [0.3, 0.4) is 0 Å². The molecule has 2 rings (SSSR count). The number of nitrogens with zero attached hydrogens (tertiary/aromatic N) is 2. The van der Waals surface area contributed by atoms with Crippen molar-refractivity contribution < 1.29 is 9.59 Å². The maximum Gasteiger partial charge on any atom is 0.271 e. The normalized spacial score (nSPS) is 10.9. The Morgan fingerprint density at radius 1 is 0.792 bits per heavy atom. The summed E-state index contributed by atoms with van der Waals surface area (Å²) >= 11 is 11.6. The minimum Gasteiger partial charge on any atom is -0.267 e. The van der Waals surface area contributed by atoms with Crippen molar-refractivity contribution in [2.45, 2.75) is 0 Å². The van der Waals surface area contributed by atoms with E-state index in [1.807, 2.05) is 0 Å². The van der Waals surface area contributed by atoms with Crippen LogP contribution in [0.15, 0.2) is 58.7 Å². The Kier molecular flexibility index (Phi) is 6.48. The van der Waals surface area contributed by atoms with Crippen molar-refractivity contribution in [3.8, 4) is 0 Å². The molecule has 0 radical (unpaired) electrons. The van der Waals surface area contributed by atoms with Gasteiger partial charge in [0, 0.05) is 21.2 Å². The molecule has 0 saturated carbocycles. The highest BCUT2D eigenvalue weighted by atomic mass is 35.5. The van der Waals surface area contributed by atoms with Gasteiger partial charge in [0.2, 0.25) is 0 Å². The van der Waals surface area contributed by atoms with Crippen molar-refractivity contribution in [2.24, 2.45) is 10.2 Å². The number of carbonyl (C=O) groups is 2. The van der Waals surface area contributed by atoms with Crippen LogP contribution in [0.4, 0.5) is 0 Å². The first-order valence-corrected chi connectivity index (χ1v) is 7.48. The van der Waals surface area contributed by atoms with E-state index in [4.69, 9.17) is 23.2 Å². The Balaban J connectivity index is 1.80. The van der Waals surface area contributed by atoms with Crippen molar-refractivity contribution in [1.29, 1.82) is 0 Å². The second-order valence-corrected chi connectivity index (χ2v) is 5.33. The van der Waals surface area contributed by atoms with E-state index in [2.05, 4.69) is 21.1 Å². The summed E-state index contributed by atoms with van der Waals surface area (Å²) in [6.45, 7) is 0. The molecular weight excluding hydrogens is 351 g/mol. The first kappa shape index (κ1) is 17.7. The molecule has 0 heterocycles. The highest BCUT2D eigenvalue weighted by molar-refractivity contribution is 6.31. The summed E-state index contributed by atoms with van der Waals surface area (Å²) < 4.78 is 0. The van der Waals surface area contributed by atoms with Crippen molar-refractivity contribution in [1.82, 2.24) is 10.9 Å². The third kappa shape index (κ3) is 5.49. The SMILES string of the molecule is O=C(NN=CC=NNC(=O)c1cccc(Cl)c1)c1cccc(Cl)c1. The van der Waals surface area contributed by atoms with Crippen molar-refractivity contribution in [3.63, 3.8) is 0 Å². The highest BCUT2D eigenvalue weighted by Gasteiger charge is 2.04. The molecular formula is C16H12Cl2N4O2. The molecule has 122 valence electrons. The van der Waals surface area contributed by atoms with E-state index in [-0.39, 0.29) is 0 Å². The van der Waals surface area contributed by atoms with Gasteiger partial charge in [-0.3, -0.25) is 9.59 Å². The van der Waals surface area contributed by atoms with Crippen LogP contribution in [-0.4, -0.2) is 24.2 Å². The first-order valence-electron chi connectivity index (χ1n) is 6.73. The number of halogens is 2. The summed E-state index contributed by atoms with van der Waals surface area (Å²) in [5, 5.41) is 8.25. The molecule has 24 heavy (non-hydrogen) atoms. The van der Waals surface area contributed by atoms with Crippen molar-refractivity contribution >= 4 is 47.4 Å². The van der Waals surface area contributed by atoms with E-state index >= 15 is 0 Å². The smallest absolute Gasteiger partial charge is 0.267 e. The topological polar surface area (TPSA) is 82.9 Å². The Labute approximate surface area is 148 Å². The molecule has 0 aliphatic rings. The second kappa shape index (κ2) is 8.81. The van der Waals surface area contributed by atoms with Crippen LogP contribution in [0.2, 0.25) is 10.0 Å². The van der Waals surface area contributed by atoms with Gasteiger partial charge in [-0.1, -0.05) is 35.3 Å². The fourth-order valence-electron chi connectivity index (χ4n) is 1.65. The predicted octanol–water partition coefficient (Wildman–Crippen LogP) is 3.12. The summed E-state index contributed by atoms with van der Waals surface area (Å²) in [7, 11) is 0. The van der Waals surface area contributed by atoms with E-state index in [1.165, 1.54) is 24.6 Å². The van der Waals surface area contributed by atoms with Crippen LogP contribution in [0.25, 0.3) is 0 Å². The Hall–Kier alpha value is -2.70. The molecule has 0 aromatic heterocycles. The lowest BCUT2D eigenvalue weighted by Crippen LogP contribution is -2.19. The van der Waals surface area contributed by atoms with Crippen molar-refractivity contribution in [3.05, 3.63) is 69.7 Å². The molecule has 0 unspecified atom stereocenters. The molecule has 2 amide bonds. The molecule has 0 aliphatic heterocycles. The van der Waals surface area contributed by atoms with Gasteiger partial charge in [-0.05, 0) is 36.4 Å². The molecule has 0 bridgehead atoms. The highest BCUT2D eigenvalue weighted by Crippen LogP contribution is 2.11. The predicted molar refractivity (Wildman–Crippen MR) is 94.8 cm³/mol. The summed E-state index contributed by atoms with van der Waals surface area (Å²) in [5.41, 5.74) is 5.37. The standard InChI is InChI=1S/C16H12Cl2N4O2/c17-13-5-1-3-11(9-13)15(23)21-19-7-8-20-22-16(24)12-4-2-6-14(18)10-12/h1-10H,(H,21,23)(H,22,24). The van der Waals surface area contributed by atoms with Gasteiger partial charge in [-0.2, -0.15) is 10.2 Å². The van der Waals surface area contributed by atoms with E-state index in [0.29, 0.717) is 21.2 Å². The average molecular weight is 363 g/mol. The zero-order valence-electron chi connectivity index (χ0n) is 12.2. The lowest BCUT2D eigenvalue weighted by molar-refractivity contribution is 0.0946. The zero-order valence-corrected chi connectivity index (χ0v) is 13.8. The van der Waals surface area contributed by atoms with E-state index in [9.17, 15) is 9.59 Å². The molecule has 6 nitrogen and oxygen atoms in total. The van der Waals surface area contributed by atoms with Gasteiger partial charge in [0.1, 0.15) is 0 Å². The quantitative estimate of drug-likeness (QED) is 0.632. The number of hydrazone groups is 2. The van der Waals surface area contributed by atoms with Crippen LogP contribution in [0.1, 0.15) is 20.7 Å². The van der Waals surface area contributed by atoms with E-state index < -0.39 is 11.8 Å². The van der Waals surface area contributed by atoms with Gasteiger partial charge in [-0.25, -0.2) is 10.9 Å². The molecule has 0 saturated heterocycles. The number of hydrogen-bond donors (Lipinski definition) is 2. The lowest BCUT2D eigenvalue weighted by Gasteiger charge is -2.00. The van der Waals surface area contributed by atoms with Gasteiger partial charge >= 0.3 is 0 Å². The fourth-order valence-corrected chi connectivity index (χ4v) is 2.03. The summed E-state index contributed by atoms with van der Waals surface area (Å²) in [5.74, 6) is -0.824. The van der Waals surface area contributed by atoms with Crippen LogP contribution < -0.4 is 10.9 Å². The number of benzene rings is 2. The average Bonchev–Trinajstić information content (AvgIpc) is 2.57. The number of nitrogens with one attached hydrogen (secondary N) is 2. The van der Waals surface area contributed by atoms with E-state index in [0.717, 1.165) is 0 Å². The largest absolute Gasteiger partial charge is 0.271 e. The van der Waals surface area contributed by atoms with Crippen molar-refractivity contribution in [2.75, 3.05) is 0 Å². The second-order valence-electron chi connectivity index (χ2n) is 4.46. The summed E-state index contributed by atoms with van der Waals surface area (Å²) in [6, 6.07) is 12.9. The fraction of sp³-hybridized carbons (Fsp3) is 0. The third-order valence-corrected chi connectivity index (χ3v) is 3.19. The molecule has 2 aromatic carbocycles. The Bertz CT molecular complexity index is 739. The van der Waals surface area contributed by atoms with E-state index in [1.54, 1.807) is 36.4 Å². The maximum atomic E-state index is 11.7. The number of amides is 2. The van der Waals surface area contributed by atoms with Gasteiger partial charge in [-0.15, -0.1) is 0 Å². The van der Waals surface area contributed by atoms with Gasteiger partial charge in [0.15, 0.2) is 0 Å². The number of rotatable bonds is 5. The zero-order chi connectivity index (χ0) is 17.4. The maximum absolute atomic E-state index is 11.7. The Morgan fingerprint density at radius 3 is 1.58 bits per heavy atom. The van der Waals surface area contributed by atoms with Gasteiger partial charge in [0.25, 0.3) is 11.8 Å². The summed E-state index contributed by atoms with van der Waals surface area (Å²) in [4.78, 5) is 23.5. The van der Waals surface area contributed by atoms with Crippen LogP contribution >= 0.6 is 23.2 Å². The molecule has 0 fully saturated rings. The third-order valence-electron chi connectivity index (χ3n) is 2.72. The lowest BCUT2D eigenvalue weighted by atomic mass is 10.2. The molecule has 0 atom stereocenters. The first-order chi connectivity index (χ1) is 11.6. The van der Waals surface area contributed by atoms with Crippen LogP contribution in [0.5, 0.6) is 0 Å². The molecule has 0 spiro atoms. The summed E-state index contributed by atoms with van der Waals surface area (Å²) in [6.07, 6.45) is 2.45. The minimum atomic E-state index is -0.412. The van der Waals surface area contributed by atoms with Crippen LogP contribution in [-0.2, 0) is 0 Å². The van der Waals surface area contributed by atoms with Crippen LogP contribution in [0, 0.1) is 0 Å². The van der Waals surface area contributed by atoms with Gasteiger partial charge in [0.05, 0.1) is 12.4 Å². The molecule has 2 N–H and O–H groups in total. The minimum absolute atomic E-state index is 0.380. The molecule has 8 heteroatoms. The molecule has 2 aromatic rings. The number of carbonyl (C=O) groups excluding carboxylic acids is 2. The monoisotopic (exact) mass is 362 g/mol. The van der Waals surface area contributed by atoms with Gasteiger partial charge < -0.3 is 0 Å². The molecule has 0 aliphatic carbocycles. The Morgan fingerprint density at radius 2 is 1.21 bits per heavy atom.